The Kier molecular flexibility index (Phi) is 3.26. The Morgan fingerprint density at radius 3 is 2.67 bits per heavy atom. The van der Waals surface area contributed by atoms with Gasteiger partial charge in [-0.15, -0.1) is 0 Å². The maximum Gasteiger partial charge on any atom is 0.0723 e. The van der Waals surface area contributed by atoms with E-state index in [1.54, 1.807) is 0 Å². The van der Waals surface area contributed by atoms with E-state index in [4.69, 9.17) is 0 Å². The monoisotopic (exact) mass is 292 g/mol. The molecule has 0 aromatic rings. The second-order valence-corrected chi connectivity index (χ2v) is 8.25. The van der Waals surface area contributed by atoms with Gasteiger partial charge in [0.15, 0.2) is 0 Å². The van der Waals surface area contributed by atoms with Gasteiger partial charge in [0.1, 0.15) is 0 Å². The van der Waals surface area contributed by atoms with Crippen molar-refractivity contribution < 1.29 is 15.3 Å². The molecular weight excluding hydrogens is 264 g/mol. The van der Waals surface area contributed by atoms with E-state index in [1.807, 2.05) is 6.08 Å². The number of rotatable bonds is 0. The maximum absolute atomic E-state index is 10.8. The highest BCUT2D eigenvalue weighted by Gasteiger charge is 2.58. The third-order valence-corrected chi connectivity index (χ3v) is 7.40. The minimum Gasteiger partial charge on any atom is -0.393 e. The fraction of sp³-hybridized carbons (Fsp3) is 0.889. The molecule has 3 fully saturated rings. The molecule has 8 atom stereocenters. The number of fused-ring (bicyclic) bond motifs is 5. The second-order valence-electron chi connectivity index (χ2n) is 8.25. The molecule has 0 aromatic heterocycles. The molecule has 0 aromatic carbocycles. The van der Waals surface area contributed by atoms with Crippen LogP contribution < -0.4 is 0 Å². The van der Waals surface area contributed by atoms with Gasteiger partial charge in [-0.1, -0.05) is 18.6 Å². The van der Waals surface area contributed by atoms with Crippen molar-refractivity contribution in [1.82, 2.24) is 0 Å². The molecule has 21 heavy (non-hydrogen) atoms. The molecule has 0 radical (unpaired) electrons. The van der Waals surface area contributed by atoms with E-state index in [0.717, 1.165) is 44.9 Å². The fourth-order valence-electron chi connectivity index (χ4n) is 6.30. The summed E-state index contributed by atoms with van der Waals surface area (Å²) in [6.07, 6.45) is 8.15. The lowest BCUT2D eigenvalue weighted by molar-refractivity contribution is -0.100. The normalized spacial score (nSPS) is 56.2. The van der Waals surface area contributed by atoms with Crippen LogP contribution in [0.25, 0.3) is 0 Å². The van der Waals surface area contributed by atoms with E-state index in [-0.39, 0.29) is 23.7 Å². The second kappa shape index (κ2) is 4.81. The van der Waals surface area contributed by atoms with Crippen LogP contribution in [0.5, 0.6) is 0 Å². The van der Waals surface area contributed by atoms with Crippen LogP contribution in [0.1, 0.15) is 51.9 Å². The molecule has 0 bridgehead atoms. The van der Waals surface area contributed by atoms with Crippen LogP contribution in [-0.4, -0.2) is 33.6 Å². The zero-order chi connectivity index (χ0) is 14.8. The molecule has 4 rings (SSSR count). The summed E-state index contributed by atoms with van der Waals surface area (Å²) in [5.41, 5.74) is 1.34. The standard InChI is InChI=1S/C18H28O3/c1-18-7-6-13-12-3-2-11(19)8-10(12)9-15(20)17(13)14(18)4-5-16(18)21/h8,11-17,19-21H,2-7,9H2,1H3/t11-,12+,13-,14+,15-,16+,17-,18+/m1/s1. The average molecular weight is 292 g/mol. The highest BCUT2D eigenvalue weighted by Crippen LogP contribution is 2.61. The first-order valence-corrected chi connectivity index (χ1v) is 8.75. The van der Waals surface area contributed by atoms with E-state index in [1.165, 1.54) is 5.57 Å². The molecule has 4 aliphatic rings. The molecular formula is C18H28O3. The first-order chi connectivity index (χ1) is 10.0. The number of hydrogen-bond acceptors (Lipinski definition) is 3. The SMILES string of the molecule is C[C@]12CC[C@H]3[C@@H]([C@H](O)CC4=C[C@H](O)CC[C@@H]43)[C@@H]1CC[C@@H]2O. The first-order valence-electron chi connectivity index (χ1n) is 8.75. The van der Waals surface area contributed by atoms with Crippen molar-refractivity contribution in [3.8, 4) is 0 Å². The van der Waals surface area contributed by atoms with Crippen LogP contribution in [0, 0.1) is 29.1 Å². The minimum absolute atomic E-state index is 0.0253. The Morgan fingerprint density at radius 1 is 1.05 bits per heavy atom. The number of aliphatic hydroxyl groups is 3. The van der Waals surface area contributed by atoms with E-state index in [9.17, 15) is 15.3 Å². The zero-order valence-electron chi connectivity index (χ0n) is 12.9. The lowest BCUT2D eigenvalue weighted by Crippen LogP contribution is -2.52. The van der Waals surface area contributed by atoms with Gasteiger partial charge in [0, 0.05) is 0 Å². The quantitative estimate of drug-likeness (QED) is 0.600. The van der Waals surface area contributed by atoms with Crippen molar-refractivity contribution >= 4 is 0 Å². The lowest BCUT2D eigenvalue weighted by Gasteiger charge is -2.55. The van der Waals surface area contributed by atoms with Gasteiger partial charge >= 0.3 is 0 Å². The summed E-state index contributed by atoms with van der Waals surface area (Å²) >= 11 is 0. The Bertz CT molecular complexity index is 459. The van der Waals surface area contributed by atoms with Gasteiger partial charge in [-0.05, 0) is 74.0 Å². The molecule has 0 heterocycles. The Morgan fingerprint density at radius 2 is 1.86 bits per heavy atom. The highest BCUT2D eigenvalue weighted by molar-refractivity contribution is 5.22. The van der Waals surface area contributed by atoms with Crippen LogP contribution in [0.2, 0.25) is 0 Å². The lowest BCUT2D eigenvalue weighted by atomic mass is 9.51. The summed E-state index contributed by atoms with van der Waals surface area (Å²) in [5.74, 6) is 1.98. The molecule has 4 aliphatic carbocycles. The van der Waals surface area contributed by atoms with Crippen LogP contribution in [0.4, 0.5) is 0 Å². The minimum atomic E-state index is -0.304. The van der Waals surface area contributed by atoms with Crippen LogP contribution in [0.3, 0.4) is 0 Å². The molecule has 3 saturated carbocycles. The predicted octanol–water partition coefficient (Wildman–Crippen LogP) is 2.25. The zero-order valence-corrected chi connectivity index (χ0v) is 12.9. The largest absolute Gasteiger partial charge is 0.393 e. The average Bonchev–Trinajstić information content (AvgIpc) is 2.74. The maximum atomic E-state index is 10.8. The third-order valence-electron chi connectivity index (χ3n) is 7.40. The first kappa shape index (κ1) is 14.2. The number of hydrogen-bond donors (Lipinski definition) is 3. The fourth-order valence-corrected chi connectivity index (χ4v) is 6.30. The molecule has 0 amide bonds. The van der Waals surface area contributed by atoms with Crippen LogP contribution in [0.15, 0.2) is 11.6 Å². The molecule has 0 unspecified atom stereocenters. The van der Waals surface area contributed by atoms with Gasteiger partial charge in [-0.3, -0.25) is 0 Å². The summed E-state index contributed by atoms with van der Waals surface area (Å²) in [4.78, 5) is 0. The summed E-state index contributed by atoms with van der Waals surface area (Å²) < 4.78 is 0. The Labute approximate surface area is 127 Å². The van der Waals surface area contributed by atoms with E-state index in [2.05, 4.69) is 6.92 Å². The van der Waals surface area contributed by atoms with Crippen molar-refractivity contribution in [3.63, 3.8) is 0 Å². The van der Waals surface area contributed by atoms with Crippen LogP contribution in [-0.2, 0) is 0 Å². The van der Waals surface area contributed by atoms with Gasteiger partial charge in [0.25, 0.3) is 0 Å². The summed E-state index contributed by atoms with van der Waals surface area (Å²) in [5, 5.41) is 31.0. The van der Waals surface area contributed by atoms with Crippen molar-refractivity contribution in [3.05, 3.63) is 11.6 Å². The van der Waals surface area contributed by atoms with E-state index in [0.29, 0.717) is 23.7 Å². The van der Waals surface area contributed by atoms with Crippen molar-refractivity contribution in [1.29, 1.82) is 0 Å². The summed E-state index contributed by atoms with van der Waals surface area (Å²) in [6.45, 7) is 2.24. The molecule has 3 nitrogen and oxygen atoms in total. The Hall–Kier alpha value is -0.380. The van der Waals surface area contributed by atoms with Gasteiger partial charge in [-0.25, -0.2) is 0 Å². The number of aliphatic hydroxyl groups excluding tert-OH is 3. The molecule has 3 heteroatoms. The molecule has 0 spiro atoms. The van der Waals surface area contributed by atoms with Gasteiger partial charge < -0.3 is 15.3 Å². The topological polar surface area (TPSA) is 60.7 Å². The highest BCUT2D eigenvalue weighted by atomic mass is 16.3. The smallest absolute Gasteiger partial charge is 0.0723 e. The summed E-state index contributed by atoms with van der Waals surface area (Å²) in [7, 11) is 0. The van der Waals surface area contributed by atoms with Gasteiger partial charge in [-0.2, -0.15) is 0 Å². The molecule has 3 N–H and O–H groups in total. The molecule has 0 aliphatic heterocycles. The molecule has 0 saturated heterocycles. The van der Waals surface area contributed by atoms with E-state index >= 15 is 0 Å². The van der Waals surface area contributed by atoms with Crippen molar-refractivity contribution in [2.45, 2.75) is 70.2 Å². The van der Waals surface area contributed by atoms with E-state index < -0.39 is 0 Å². The van der Waals surface area contributed by atoms with Crippen molar-refractivity contribution in [2.24, 2.45) is 29.1 Å². The molecule has 118 valence electrons. The van der Waals surface area contributed by atoms with Gasteiger partial charge in [0.2, 0.25) is 0 Å². The Balaban J connectivity index is 1.67. The third kappa shape index (κ3) is 1.97. The van der Waals surface area contributed by atoms with Crippen molar-refractivity contribution in [2.75, 3.05) is 0 Å². The van der Waals surface area contributed by atoms with Crippen LogP contribution >= 0.6 is 0 Å². The summed E-state index contributed by atoms with van der Waals surface area (Å²) in [6, 6.07) is 0. The predicted molar refractivity (Wildman–Crippen MR) is 80.5 cm³/mol. The van der Waals surface area contributed by atoms with Gasteiger partial charge in [0.05, 0.1) is 18.3 Å².